The second-order valence-electron chi connectivity index (χ2n) is 7.68. The molecule has 2 rings (SSSR count). The van der Waals surface area contributed by atoms with Crippen LogP contribution in [0, 0.1) is 10.8 Å². The average Bonchev–Trinajstić information content (AvgIpc) is 2.41. The fourth-order valence-corrected chi connectivity index (χ4v) is 4.64. The van der Waals surface area contributed by atoms with E-state index in [9.17, 15) is 14.7 Å². The summed E-state index contributed by atoms with van der Waals surface area (Å²) in [6, 6.07) is 0. The minimum absolute atomic E-state index is 0.0553. The first-order valence-corrected chi connectivity index (χ1v) is 8.99. The molecule has 0 fully saturated rings. The van der Waals surface area contributed by atoms with Gasteiger partial charge >= 0.3 is 137 Å². The van der Waals surface area contributed by atoms with E-state index in [0.29, 0.717) is 0 Å². The quantitative estimate of drug-likeness (QED) is 0.615. The fourth-order valence-electron chi connectivity index (χ4n) is 2.04. The fraction of sp³-hybridized carbons (Fsp3) is 0.444. The molecule has 4 heteroatoms. The molecule has 0 bridgehead atoms. The molecule has 1 aromatic carbocycles. The van der Waals surface area contributed by atoms with Crippen LogP contribution in [0.4, 0.5) is 0 Å². The summed E-state index contributed by atoms with van der Waals surface area (Å²) in [5, 5.41) is 9.56. The first-order chi connectivity index (χ1) is 9.91. The Bertz CT molecular complexity index is 739. The zero-order valence-electron chi connectivity index (χ0n) is 13.9. The van der Waals surface area contributed by atoms with Crippen LogP contribution in [-0.2, 0) is 0 Å². The van der Waals surface area contributed by atoms with Crippen molar-refractivity contribution < 1.29 is 5.11 Å². The van der Waals surface area contributed by atoms with Gasteiger partial charge in [-0.05, 0) is 0 Å². The zero-order chi connectivity index (χ0) is 16.9. The summed E-state index contributed by atoms with van der Waals surface area (Å²) in [6.45, 7) is 13.1. The summed E-state index contributed by atoms with van der Waals surface area (Å²) in [6.07, 6.45) is 5.81. The zero-order valence-corrected chi connectivity index (χ0v) is 15.6. The Morgan fingerprint density at radius 3 is 1.73 bits per heavy atom. The van der Waals surface area contributed by atoms with Gasteiger partial charge < -0.3 is 0 Å². The molecule has 0 saturated heterocycles. The van der Waals surface area contributed by atoms with Crippen LogP contribution in [0.3, 0.4) is 0 Å². The maximum atomic E-state index is 11.6. The predicted octanol–water partition coefficient (Wildman–Crippen LogP) is 2.95. The van der Waals surface area contributed by atoms with E-state index in [4.69, 9.17) is 0 Å². The molecule has 22 heavy (non-hydrogen) atoms. The Balaban J connectivity index is 2.54. The molecule has 0 unspecified atom stereocenters. The summed E-state index contributed by atoms with van der Waals surface area (Å²) in [4.78, 5) is 22.7. The number of hydrogen-bond donors (Lipinski definition) is 1. The number of rotatable bonds is 1. The van der Waals surface area contributed by atoms with Crippen molar-refractivity contribution in [3.8, 4) is 5.75 Å². The monoisotopic (exact) mass is 366 g/mol. The molecule has 0 spiro atoms. The van der Waals surface area contributed by atoms with Crippen LogP contribution in [0.2, 0.25) is 0 Å². The van der Waals surface area contributed by atoms with Crippen LogP contribution in [0.15, 0.2) is 36.3 Å². The Labute approximate surface area is 137 Å². The first-order valence-electron chi connectivity index (χ1n) is 7.27. The normalized spacial score (nSPS) is 16.5. The van der Waals surface area contributed by atoms with Crippen LogP contribution in [-0.4, -0.2) is 20.1 Å². The van der Waals surface area contributed by atoms with Crippen LogP contribution in [0.25, 0.3) is 6.08 Å². The average molecular weight is 365 g/mol. The van der Waals surface area contributed by atoms with Gasteiger partial charge in [0.15, 0.2) is 0 Å². The van der Waals surface area contributed by atoms with Crippen molar-refractivity contribution in [1.82, 2.24) is 0 Å². The molecule has 0 atom stereocenters. The van der Waals surface area contributed by atoms with Gasteiger partial charge in [0.25, 0.3) is 0 Å². The summed E-state index contributed by atoms with van der Waals surface area (Å²) >= 11 is 0.268. The molecule has 0 radical (unpaired) electrons. The molecule has 0 aromatic heterocycles. The molecule has 1 N–H and O–H groups in total. The van der Waals surface area contributed by atoms with E-state index in [-0.39, 0.29) is 31.4 Å². The van der Waals surface area contributed by atoms with E-state index in [1.54, 1.807) is 6.08 Å². The van der Waals surface area contributed by atoms with Crippen molar-refractivity contribution in [1.29, 1.82) is 0 Å². The second-order valence-corrected chi connectivity index (χ2v) is 9.96. The molecule has 3 nitrogen and oxygen atoms in total. The SMILES string of the molecule is CC(C)(C)C1=CC(=Cc2c(O)c(=O)c2=O)C=C(C(C)(C)C)[Se]1. The molecule has 0 saturated carbocycles. The third-order valence-electron chi connectivity index (χ3n) is 3.53. The van der Waals surface area contributed by atoms with Gasteiger partial charge in [-0.3, -0.25) is 0 Å². The molecule has 118 valence electrons. The Kier molecular flexibility index (Phi) is 4.14. The van der Waals surface area contributed by atoms with Crippen molar-refractivity contribution in [3.05, 3.63) is 52.7 Å². The van der Waals surface area contributed by atoms with Gasteiger partial charge in [0.2, 0.25) is 0 Å². The van der Waals surface area contributed by atoms with E-state index in [2.05, 4.69) is 53.7 Å². The second kappa shape index (κ2) is 5.36. The minimum atomic E-state index is -0.785. The summed E-state index contributed by atoms with van der Waals surface area (Å²) in [7, 11) is 0. The molecular formula is C18H22O3Se. The molecular weight excluding hydrogens is 343 g/mol. The summed E-state index contributed by atoms with van der Waals surface area (Å²) < 4.78 is 2.69. The van der Waals surface area contributed by atoms with E-state index in [0.717, 1.165) is 5.57 Å². The van der Waals surface area contributed by atoms with Gasteiger partial charge in [0, 0.05) is 0 Å². The van der Waals surface area contributed by atoms with Crippen LogP contribution in [0.1, 0.15) is 47.1 Å². The van der Waals surface area contributed by atoms with Crippen LogP contribution < -0.4 is 10.9 Å². The third-order valence-corrected chi connectivity index (χ3v) is 7.51. The van der Waals surface area contributed by atoms with Gasteiger partial charge in [0.1, 0.15) is 0 Å². The van der Waals surface area contributed by atoms with Gasteiger partial charge in [-0.15, -0.1) is 0 Å². The van der Waals surface area contributed by atoms with Crippen molar-refractivity contribution >= 4 is 21.0 Å². The van der Waals surface area contributed by atoms with E-state index in [1.165, 1.54) is 8.94 Å². The molecule has 1 aliphatic rings. The van der Waals surface area contributed by atoms with Crippen molar-refractivity contribution in [2.75, 3.05) is 0 Å². The third kappa shape index (κ3) is 3.18. The van der Waals surface area contributed by atoms with Crippen LogP contribution >= 0.6 is 0 Å². The number of hydrogen-bond acceptors (Lipinski definition) is 3. The van der Waals surface area contributed by atoms with Gasteiger partial charge in [0.05, 0.1) is 0 Å². The molecule has 0 amide bonds. The van der Waals surface area contributed by atoms with Crippen molar-refractivity contribution in [2.45, 2.75) is 41.5 Å². The Morgan fingerprint density at radius 1 is 0.909 bits per heavy atom. The molecule has 0 aliphatic carbocycles. The summed E-state index contributed by atoms with van der Waals surface area (Å²) in [5.41, 5.74) is -0.266. The topological polar surface area (TPSA) is 54.4 Å². The molecule has 1 aliphatic heterocycles. The molecule has 1 heterocycles. The number of allylic oxidation sites excluding steroid dienone is 5. The maximum absolute atomic E-state index is 11.6. The molecule has 1 aromatic rings. The Morgan fingerprint density at radius 2 is 1.36 bits per heavy atom. The van der Waals surface area contributed by atoms with Crippen LogP contribution in [0.5, 0.6) is 5.75 Å². The van der Waals surface area contributed by atoms with E-state index in [1.807, 2.05) is 0 Å². The standard InChI is InChI=1S/C18H22O3Se/c1-17(2,3)12-8-10(9-13(22-12)18(4,5)6)7-11-14(19)16(21)15(11)20/h7-9,19H,1-6H3. The Hall–Kier alpha value is -1.38. The van der Waals surface area contributed by atoms with E-state index < -0.39 is 16.6 Å². The first kappa shape index (κ1) is 17.0. The number of aromatic hydroxyl groups is 1. The van der Waals surface area contributed by atoms with Crippen molar-refractivity contribution in [3.63, 3.8) is 0 Å². The van der Waals surface area contributed by atoms with Crippen molar-refractivity contribution in [2.24, 2.45) is 10.8 Å². The van der Waals surface area contributed by atoms with Gasteiger partial charge in [-0.1, -0.05) is 0 Å². The van der Waals surface area contributed by atoms with E-state index >= 15 is 0 Å². The predicted molar refractivity (Wildman–Crippen MR) is 91.8 cm³/mol. The van der Waals surface area contributed by atoms with Gasteiger partial charge in [-0.2, -0.15) is 0 Å². The van der Waals surface area contributed by atoms with Gasteiger partial charge in [-0.25, -0.2) is 0 Å². The summed E-state index contributed by atoms with van der Waals surface area (Å²) in [5.74, 6) is -0.412.